The van der Waals surface area contributed by atoms with Gasteiger partial charge in [-0.2, -0.15) is 0 Å². The van der Waals surface area contributed by atoms with Crippen molar-refractivity contribution in [2.24, 2.45) is 12.5 Å². The van der Waals surface area contributed by atoms with E-state index in [0.717, 1.165) is 22.6 Å². The van der Waals surface area contributed by atoms with Gasteiger partial charge in [-0.3, -0.25) is 13.9 Å². The molecule has 0 saturated carbocycles. The highest BCUT2D eigenvalue weighted by Crippen LogP contribution is 2.33. The van der Waals surface area contributed by atoms with Crippen molar-refractivity contribution < 1.29 is 4.79 Å². The molecule has 180 valence electrons. The molecule has 0 spiro atoms. The van der Waals surface area contributed by atoms with Gasteiger partial charge in [-0.15, -0.1) is 0 Å². The van der Waals surface area contributed by atoms with Crippen LogP contribution in [0.5, 0.6) is 0 Å². The molecule has 9 nitrogen and oxygen atoms in total. The predicted octanol–water partition coefficient (Wildman–Crippen LogP) is 3.06. The molecule has 4 aromatic rings. The fourth-order valence-electron chi connectivity index (χ4n) is 4.63. The molecule has 0 aliphatic carbocycles. The number of pyridine rings is 1. The van der Waals surface area contributed by atoms with Crippen LogP contribution in [0.4, 0.5) is 11.5 Å². The van der Waals surface area contributed by atoms with E-state index in [1.165, 1.54) is 18.7 Å². The normalized spacial score (nSPS) is 15.8. The number of rotatable bonds is 4. The molecule has 3 aromatic heterocycles. The van der Waals surface area contributed by atoms with Gasteiger partial charge in [0.05, 0.1) is 17.1 Å². The molecule has 1 N–H and O–H groups in total. The van der Waals surface area contributed by atoms with Crippen molar-refractivity contribution in [1.82, 2.24) is 29.4 Å². The van der Waals surface area contributed by atoms with E-state index in [1.54, 1.807) is 16.2 Å². The Balaban J connectivity index is 1.51. The quantitative estimate of drug-likeness (QED) is 0.491. The first-order valence-electron chi connectivity index (χ1n) is 11.7. The Bertz CT molecular complexity index is 1450. The number of hydrogen-bond donors (Lipinski definition) is 1. The Morgan fingerprint density at radius 3 is 2.60 bits per heavy atom. The summed E-state index contributed by atoms with van der Waals surface area (Å²) in [5.41, 5.74) is 3.93. The van der Waals surface area contributed by atoms with Crippen LogP contribution < -0.4 is 15.9 Å². The summed E-state index contributed by atoms with van der Waals surface area (Å²) in [5.74, 6) is 0.524. The van der Waals surface area contributed by atoms with Crippen molar-refractivity contribution in [2.45, 2.75) is 39.8 Å². The van der Waals surface area contributed by atoms with Crippen molar-refractivity contribution in [3.8, 4) is 0 Å². The largest absolute Gasteiger partial charge is 0.347 e. The van der Waals surface area contributed by atoms with Crippen LogP contribution in [0.1, 0.15) is 36.7 Å². The second-order valence-corrected chi connectivity index (χ2v) is 10.2. The van der Waals surface area contributed by atoms with Crippen LogP contribution in [0.15, 0.2) is 59.9 Å². The SMILES string of the molecule is Cn1c(=O)n(CC(C)(C)C)c2ccc(N3CC(NC(=O)c4cncnc4)Cc4ccccc43)nc21. The average molecular weight is 472 g/mol. The number of nitrogens with zero attached hydrogens (tertiary/aromatic N) is 6. The van der Waals surface area contributed by atoms with Crippen LogP contribution in [-0.4, -0.2) is 42.6 Å². The molecular formula is C26H29N7O2. The number of fused-ring (bicyclic) bond motifs is 2. The minimum absolute atomic E-state index is 0.0438. The minimum Gasteiger partial charge on any atom is -0.347 e. The number of aromatic nitrogens is 5. The Hall–Kier alpha value is -4.01. The Kier molecular flexibility index (Phi) is 5.62. The number of carbonyl (C=O) groups is 1. The van der Waals surface area contributed by atoms with Crippen molar-refractivity contribution in [3.05, 3.63) is 76.7 Å². The zero-order chi connectivity index (χ0) is 24.7. The van der Waals surface area contributed by atoms with E-state index in [0.29, 0.717) is 30.7 Å². The highest BCUT2D eigenvalue weighted by molar-refractivity contribution is 5.94. The van der Waals surface area contributed by atoms with E-state index < -0.39 is 0 Å². The fourth-order valence-corrected chi connectivity index (χ4v) is 4.63. The van der Waals surface area contributed by atoms with Gasteiger partial charge < -0.3 is 10.2 Å². The Morgan fingerprint density at radius 2 is 1.86 bits per heavy atom. The number of nitrogens with one attached hydrogen (secondary N) is 1. The number of aryl methyl sites for hydroxylation is 1. The second kappa shape index (κ2) is 8.65. The summed E-state index contributed by atoms with van der Waals surface area (Å²) in [6, 6.07) is 11.9. The van der Waals surface area contributed by atoms with Crippen LogP contribution in [-0.2, 0) is 20.0 Å². The molecule has 0 bridgehead atoms. The fraction of sp³-hybridized carbons (Fsp3) is 0.346. The lowest BCUT2D eigenvalue weighted by molar-refractivity contribution is 0.0936. The lowest BCUT2D eigenvalue weighted by atomic mass is 9.97. The number of amides is 1. The van der Waals surface area contributed by atoms with Crippen molar-refractivity contribution in [3.63, 3.8) is 0 Å². The van der Waals surface area contributed by atoms with Crippen molar-refractivity contribution >= 4 is 28.6 Å². The van der Waals surface area contributed by atoms with Crippen LogP contribution in [0.25, 0.3) is 11.2 Å². The first-order valence-corrected chi connectivity index (χ1v) is 11.7. The topological polar surface area (TPSA) is 97.9 Å². The number of benzene rings is 1. The number of imidazole rings is 1. The number of carbonyl (C=O) groups excluding carboxylic acids is 1. The number of anilines is 2. The van der Waals surface area contributed by atoms with Crippen molar-refractivity contribution in [2.75, 3.05) is 11.4 Å². The molecule has 9 heteroatoms. The van der Waals surface area contributed by atoms with Gasteiger partial charge in [0.15, 0.2) is 5.65 Å². The van der Waals surface area contributed by atoms with Crippen LogP contribution >= 0.6 is 0 Å². The minimum atomic E-state index is -0.208. The lowest BCUT2D eigenvalue weighted by Crippen LogP contribution is -2.47. The van der Waals surface area contributed by atoms with E-state index in [-0.39, 0.29) is 23.1 Å². The predicted molar refractivity (Wildman–Crippen MR) is 135 cm³/mol. The third-order valence-electron chi connectivity index (χ3n) is 6.18. The van der Waals surface area contributed by atoms with Gasteiger partial charge in [0.2, 0.25) is 0 Å². The van der Waals surface area contributed by atoms with Crippen LogP contribution in [0.2, 0.25) is 0 Å². The van der Waals surface area contributed by atoms with E-state index in [9.17, 15) is 9.59 Å². The summed E-state index contributed by atoms with van der Waals surface area (Å²) in [7, 11) is 1.76. The van der Waals surface area contributed by atoms with Gasteiger partial charge in [-0.1, -0.05) is 39.0 Å². The first kappa shape index (κ1) is 22.8. The summed E-state index contributed by atoms with van der Waals surface area (Å²) >= 11 is 0. The van der Waals surface area contributed by atoms with E-state index in [1.807, 2.05) is 24.3 Å². The summed E-state index contributed by atoms with van der Waals surface area (Å²) in [5, 5.41) is 3.12. The van der Waals surface area contributed by atoms with Crippen molar-refractivity contribution in [1.29, 1.82) is 0 Å². The summed E-state index contributed by atoms with van der Waals surface area (Å²) < 4.78 is 3.40. The van der Waals surface area contributed by atoms with Gasteiger partial charge >= 0.3 is 5.69 Å². The molecule has 1 unspecified atom stereocenters. The Labute approximate surface area is 203 Å². The maximum Gasteiger partial charge on any atom is 0.330 e. The first-order chi connectivity index (χ1) is 16.7. The van der Waals surface area contributed by atoms with E-state index in [4.69, 9.17) is 4.98 Å². The third kappa shape index (κ3) is 4.41. The molecule has 0 radical (unpaired) electrons. The molecule has 35 heavy (non-hydrogen) atoms. The zero-order valence-electron chi connectivity index (χ0n) is 20.4. The average Bonchev–Trinajstić information content (AvgIpc) is 3.07. The highest BCUT2D eigenvalue weighted by atomic mass is 16.2. The summed E-state index contributed by atoms with van der Waals surface area (Å²) in [6.45, 7) is 7.49. The van der Waals surface area contributed by atoms with Gasteiger partial charge in [0, 0.05) is 38.2 Å². The van der Waals surface area contributed by atoms with E-state index >= 15 is 0 Å². The van der Waals surface area contributed by atoms with Gasteiger partial charge in [-0.25, -0.2) is 19.7 Å². The maximum atomic E-state index is 13.0. The lowest BCUT2D eigenvalue weighted by Gasteiger charge is -2.35. The maximum absolute atomic E-state index is 13.0. The standard InChI is InChI=1S/C26H29N7O2/c1-26(2,3)15-33-21-9-10-22(30-23(21)31(4)25(33)35)32-14-19(11-17-7-5-6-8-20(17)32)29-24(34)18-12-27-16-28-13-18/h5-10,12-13,16,19H,11,14-15H2,1-4H3,(H,29,34). The molecule has 1 aromatic carbocycles. The van der Waals surface area contributed by atoms with Gasteiger partial charge in [0.1, 0.15) is 12.1 Å². The molecule has 0 fully saturated rings. The number of para-hydroxylation sites is 1. The molecule has 1 aliphatic rings. The zero-order valence-corrected chi connectivity index (χ0v) is 20.4. The molecule has 1 aliphatic heterocycles. The molecule has 4 heterocycles. The van der Waals surface area contributed by atoms with E-state index in [2.05, 4.69) is 53.1 Å². The smallest absolute Gasteiger partial charge is 0.330 e. The van der Waals surface area contributed by atoms with Crippen LogP contribution in [0.3, 0.4) is 0 Å². The summed E-state index contributed by atoms with van der Waals surface area (Å²) in [4.78, 5) is 40.7. The highest BCUT2D eigenvalue weighted by Gasteiger charge is 2.28. The molecule has 0 saturated heterocycles. The summed E-state index contributed by atoms with van der Waals surface area (Å²) in [6.07, 6.45) is 5.12. The molecule has 1 amide bonds. The number of hydrogen-bond acceptors (Lipinski definition) is 6. The second-order valence-electron chi connectivity index (χ2n) is 10.2. The van der Waals surface area contributed by atoms with Gasteiger partial charge in [-0.05, 0) is 35.6 Å². The van der Waals surface area contributed by atoms with Crippen LogP contribution in [0, 0.1) is 5.41 Å². The molecule has 5 rings (SSSR count). The van der Waals surface area contributed by atoms with Gasteiger partial charge in [0.25, 0.3) is 5.91 Å². The Morgan fingerprint density at radius 1 is 1.11 bits per heavy atom. The molecular weight excluding hydrogens is 442 g/mol. The molecule has 1 atom stereocenters. The third-order valence-corrected chi connectivity index (χ3v) is 6.18. The monoisotopic (exact) mass is 471 g/mol.